The number of sulfonamides is 1. The molecule has 0 bridgehead atoms. The van der Waals surface area contributed by atoms with Crippen LogP contribution in [0.5, 0.6) is 5.75 Å². The molecule has 4 rings (SSSR count). The highest BCUT2D eigenvalue weighted by molar-refractivity contribution is 7.92. The van der Waals surface area contributed by atoms with Crippen LogP contribution in [0, 0.1) is 0 Å². The van der Waals surface area contributed by atoms with Gasteiger partial charge in [-0.1, -0.05) is 78.9 Å². The molecule has 234 valence electrons. The van der Waals surface area contributed by atoms with Gasteiger partial charge in [0.1, 0.15) is 18.5 Å². The Morgan fingerprint density at radius 2 is 1.51 bits per heavy atom. The molecule has 0 spiro atoms. The fourth-order valence-corrected chi connectivity index (χ4v) is 5.48. The van der Waals surface area contributed by atoms with Crippen molar-refractivity contribution < 1.29 is 32.2 Å². The Balaban J connectivity index is 1.44. The first kappa shape index (κ1) is 33.0. The fourth-order valence-electron chi connectivity index (χ4n) is 4.41. The van der Waals surface area contributed by atoms with Crippen molar-refractivity contribution in [2.24, 2.45) is 0 Å². The van der Waals surface area contributed by atoms with E-state index in [1.165, 1.54) is 12.1 Å². The van der Waals surface area contributed by atoms with Crippen LogP contribution in [0.4, 0.5) is 5.69 Å². The third-order valence-corrected chi connectivity index (χ3v) is 7.94. The molecule has 0 saturated carbocycles. The molecule has 4 aromatic carbocycles. The van der Waals surface area contributed by atoms with Crippen LogP contribution in [0.1, 0.15) is 48.2 Å². The number of ether oxygens (including phenoxy) is 3. The van der Waals surface area contributed by atoms with E-state index in [2.05, 4.69) is 4.72 Å². The molecule has 0 radical (unpaired) electrons. The van der Waals surface area contributed by atoms with Crippen LogP contribution < -0.4 is 9.46 Å². The summed E-state index contributed by atoms with van der Waals surface area (Å²) in [4.78, 5) is 25.2. The number of benzene rings is 4. The van der Waals surface area contributed by atoms with Crippen LogP contribution in [-0.4, -0.2) is 39.2 Å². The quantitative estimate of drug-likeness (QED) is 0.140. The summed E-state index contributed by atoms with van der Waals surface area (Å²) in [6, 6.07) is 31.3. The predicted molar refractivity (Wildman–Crippen MR) is 174 cm³/mol. The minimum Gasteiger partial charge on any atom is -0.489 e. The average Bonchev–Trinajstić information content (AvgIpc) is 3.03. The highest BCUT2D eigenvalue weighted by Crippen LogP contribution is 2.22. The molecule has 8 nitrogen and oxygen atoms in total. The number of para-hydroxylation sites is 1. The summed E-state index contributed by atoms with van der Waals surface area (Å²) in [6.07, 6.45) is 3.87. The van der Waals surface area contributed by atoms with Gasteiger partial charge < -0.3 is 14.2 Å². The second-order valence-electron chi connectivity index (χ2n) is 10.5. The van der Waals surface area contributed by atoms with Crippen molar-refractivity contribution in [2.45, 2.75) is 50.2 Å². The van der Waals surface area contributed by atoms with Crippen molar-refractivity contribution in [1.82, 2.24) is 0 Å². The molecule has 45 heavy (non-hydrogen) atoms. The van der Waals surface area contributed by atoms with Gasteiger partial charge in [-0.2, -0.15) is 0 Å². The maximum Gasteiger partial charge on any atom is 0.338 e. The number of carbonyl (C=O) groups excluding carboxylic acids is 2. The van der Waals surface area contributed by atoms with Gasteiger partial charge in [0, 0.05) is 18.5 Å². The number of rotatable bonds is 15. The number of carbonyl (C=O) groups is 2. The molecule has 1 N–H and O–H groups in total. The van der Waals surface area contributed by atoms with Crippen molar-refractivity contribution in [3.8, 4) is 5.75 Å². The summed E-state index contributed by atoms with van der Waals surface area (Å²) in [6.45, 7) is 3.70. The van der Waals surface area contributed by atoms with Crippen LogP contribution >= 0.6 is 0 Å². The first-order valence-electron chi connectivity index (χ1n) is 14.7. The molecule has 0 heterocycles. The smallest absolute Gasteiger partial charge is 0.338 e. The zero-order valence-electron chi connectivity index (χ0n) is 25.3. The Labute approximate surface area is 264 Å². The van der Waals surface area contributed by atoms with Crippen LogP contribution in [-0.2, 0) is 30.7 Å². The summed E-state index contributed by atoms with van der Waals surface area (Å²) in [5.74, 6) is -0.158. The van der Waals surface area contributed by atoms with E-state index in [9.17, 15) is 18.0 Å². The van der Waals surface area contributed by atoms with Gasteiger partial charge in [0.25, 0.3) is 10.0 Å². The molecule has 0 aliphatic carbocycles. The number of hydrogen-bond donors (Lipinski definition) is 1. The SMILES string of the molecule is CC(C)OC(=O)CCc1ccccc1OCC(C/C=C/c1cccc(NS(=O)(=O)c2ccccc2)c1)OC(=O)c1ccccc1. The number of anilines is 1. The Bertz CT molecular complexity index is 1690. The Morgan fingerprint density at radius 3 is 2.24 bits per heavy atom. The number of hydrogen-bond acceptors (Lipinski definition) is 7. The van der Waals surface area contributed by atoms with Crippen LogP contribution in [0.3, 0.4) is 0 Å². The maximum atomic E-state index is 12.9. The Kier molecular flexibility index (Phi) is 11.9. The van der Waals surface area contributed by atoms with Crippen molar-refractivity contribution in [1.29, 1.82) is 0 Å². The molecule has 0 aromatic heterocycles. The molecule has 4 aromatic rings. The number of aryl methyl sites for hydroxylation is 1. The van der Waals surface area contributed by atoms with Gasteiger partial charge in [-0.15, -0.1) is 0 Å². The standard InChI is InChI=1S/C36H37NO7S/c1-27(2)43-35(38)24-23-29-15-9-10-22-34(29)42-26-32(44-36(39)30-16-5-3-6-17-30)19-12-14-28-13-11-18-31(25-28)37-45(40,41)33-20-7-4-8-21-33/h3-18,20-22,25,27,32,37H,19,23-24,26H2,1-2H3/b14-12+. The van der Waals surface area contributed by atoms with Gasteiger partial charge >= 0.3 is 11.9 Å². The first-order chi connectivity index (χ1) is 21.7. The van der Waals surface area contributed by atoms with E-state index in [4.69, 9.17) is 14.2 Å². The molecular formula is C36H37NO7S. The lowest BCUT2D eigenvalue weighted by Crippen LogP contribution is -2.25. The van der Waals surface area contributed by atoms with Crippen LogP contribution in [0.2, 0.25) is 0 Å². The molecule has 0 saturated heterocycles. The highest BCUT2D eigenvalue weighted by atomic mass is 32.2. The van der Waals surface area contributed by atoms with Gasteiger partial charge in [0.2, 0.25) is 0 Å². The second kappa shape index (κ2) is 16.3. The van der Waals surface area contributed by atoms with Gasteiger partial charge in [-0.05, 0) is 73.9 Å². The number of esters is 2. The van der Waals surface area contributed by atoms with E-state index < -0.39 is 22.1 Å². The monoisotopic (exact) mass is 627 g/mol. The third kappa shape index (κ3) is 10.7. The second-order valence-corrected chi connectivity index (χ2v) is 12.2. The third-order valence-electron chi connectivity index (χ3n) is 6.55. The largest absolute Gasteiger partial charge is 0.489 e. The van der Waals surface area contributed by atoms with E-state index in [0.717, 1.165) is 11.1 Å². The molecular weight excluding hydrogens is 590 g/mol. The summed E-state index contributed by atoms with van der Waals surface area (Å²) >= 11 is 0. The van der Waals surface area contributed by atoms with Crippen LogP contribution in [0.25, 0.3) is 6.08 Å². The van der Waals surface area contributed by atoms with E-state index in [-0.39, 0.29) is 30.0 Å². The van der Waals surface area contributed by atoms with Gasteiger partial charge in [0.05, 0.1) is 16.6 Å². The zero-order valence-corrected chi connectivity index (χ0v) is 26.1. The lowest BCUT2D eigenvalue weighted by molar-refractivity contribution is -0.147. The summed E-state index contributed by atoms with van der Waals surface area (Å²) in [5, 5.41) is 0. The van der Waals surface area contributed by atoms with Crippen LogP contribution in [0.15, 0.2) is 120 Å². The maximum absolute atomic E-state index is 12.9. The van der Waals surface area contributed by atoms with E-state index in [1.54, 1.807) is 60.7 Å². The number of nitrogens with one attached hydrogen (secondary N) is 1. The average molecular weight is 628 g/mol. The summed E-state index contributed by atoms with van der Waals surface area (Å²) < 4.78 is 45.3. The normalized spacial score (nSPS) is 12.1. The Hall–Kier alpha value is -4.89. The predicted octanol–water partition coefficient (Wildman–Crippen LogP) is 7.08. The van der Waals surface area contributed by atoms with Crippen molar-refractivity contribution >= 4 is 33.7 Å². The molecule has 0 aliphatic heterocycles. The molecule has 0 fully saturated rings. The molecule has 9 heteroatoms. The van der Waals surface area contributed by atoms with Gasteiger partial charge in [0.15, 0.2) is 0 Å². The molecule has 1 atom stereocenters. The molecule has 0 amide bonds. The van der Waals surface area contributed by atoms with Crippen molar-refractivity contribution in [2.75, 3.05) is 11.3 Å². The highest BCUT2D eigenvalue weighted by Gasteiger charge is 2.18. The van der Waals surface area contributed by atoms with Gasteiger partial charge in [-0.3, -0.25) is 9.52 Å². The Morgan fingerprint density at radius 1 is 0.822 bits per heavy atom. The van der Waals surface area contributed by atoms with E-state index in [1.807, 2.05) is 62.4 Å². The van der Waals surface area contributed by atoms with E-state index in [0.29, 0.717) is 29.8 Å². The lowest BCUT2D eigenvalue weighted by atomic mass is 10.1. The van der Waals surface area contributed by atoms with Crippen molar-refractivity contribution in [3.05, 3.63) is 132 Å². The van der Waals surface area contributed by atoms with E-state index >= 15 is 0 Å². The minimum atomic E-state index is -3.73. The van der Waals surface area contributed by atoms with Gasteiger partial charge in [-0.25, -0.2) is 13.2 Å². The lowest BCUT2D eigenvalue weighted by Gasteiger charge is -2.19. The first-order valence-corrected chi connectivity index (χ1v) is 16.2. The summed E-state index contributed by atoms with van der Waals surface area (Å²) in [5.41, 5.74) is 2.45. The molecule has 1 unspecified atom stereocenters. The topological polar surface area (TPSA) is 108 Å². The fraction of sp³-hybridized carbons (Fsp3) is 0.222. The zero-order chi connectivity index (χ0) is 32.1. The minimum absolute atomic E-state index is 0.0767. The molecule has 0 aliphatic rings. The summed E-state index contributed by atoms with van der Waals surface area (Å²) in [7, 11) is -3.73. The van der Waals surface area contributed by atoms with Crippen molar-refractivity contribution in [3.63, 3.8) is 0 Å².